The minimum absolute atomic E-state index is 0.248. The van der Waals surface area contributed by atoms with Crippen molar-refractivity contribution in [3.8, 4) is 0 Å². The number of rotatable bonds is 8. The zero-order valence-electron chi connectivity index (χ0n) is 11.9. The first-order valence-corrected chi connectivity index (χ1v) is 8.47. The van der Waals surface area contributed by atoms with E-state index in [1.54, 1.807) is 11.8 Å². The predicted octanol–water partition coefficient (Wildman–Crippen LogP) is 2.71. The molecule has 1 saturated carbocycles. The quantitative estimate of drug-likeness (QED) is 0.767. The van der Waals surface area contributed by atoms with Gasteiger partial charge in [-0.3, -0.25) is 0 Å². The molecule has 1 aliphatic rings. The average molecular weight is 279 g/mol. The van der Waals surface area contributed by atoms with Crippen molar-refractivity contribution >= 4 is 11.8 Å². The summed E-state index contributed by atoms with van der Waals surface area (Å²) in [4.78, 5) is 0. The smallest absolute Gasteiger partial charge is 0.0564 e. The third-order valence-corrected chi connectivity index (χ3v) is 5.17. The maximum Gasteiger partial charge on any atom is 0.0564 e. The Labute approximate surface area is 121 Å². The Kier molecular flexibility index (Phi) is 5.74. The second kappa shape index (κ2) is 7.32. The van der Waals surface area contributed by atoms with Gasteiger partial charge in [-0.25, -0.2) is 0 Å². The minimum Gasteiger partial charge on any atom is -0.395 e. The van der Waals surface area contributed by atoms with Crippen molar-refractivity contribution in [2.45, 2.75) is 43.5 Å². The van der Waals surface area contributed by atoms with Gasteiger partial charge in [0, 0.05) is 17.3 Å². The highest BCUT2D eigenvalue weighted by Gasteiger charge is 2.32. The van der Waals surface area contributed by atoms with Crippen LogP contribution < -0.4 is 5.32 Å². The normalized spacial score (nSPS) is 19.9. The molecule has 3 atom stereocenters. The molecule has 2 nitrogen and oxygen atoms in total. The third-order valence-electron chi connectivity index (χ3n) is 4.01. The van der Waals surface area contributed by atoms with E-state index in [-0.39, 0.29) is 11.9 Å². The lowest BCUT2D eigenvalue weighted by Gasteiger charge is -2.27. The number of hydrogen-bond acceptors (Lipinski definition) is 3. The predicted molar refractivity (Wildman–Crippen MR) is 83.6 cm³/mol. The lowest BCUT2D eigenvalue weighted by atomic mass is 10.0. The Morgan fingerprint density at radius 1 is 1.32 bits per heavy atom. The third kappa shape index (κ3) is 4.51. The zero-order chi connectivity index (χ0) is 13.7. The second-order valence-electron chi connectivity index (χ2n) is 5.55. The standard InChI is InChI=1S/C16H25NOS/c1-12(16(11-18)19-2)17-15(14-8-9-14)10-13-6-4-3-5-7-13/h3-7,12,14-18H,8-11H2,1-2H3. The van der Waals surface area contributed by atoms with Gasteiger partial charge in [0.05, 0.1) is 6.61 Å². The van der Waals surface area contributed by atoms with Crippen LogP contribution in [0, 0.1) is 5.92 Å². The number of aliphatic hydroxyl groups is 1. The highest BCUT2D eigenvalue weighted by molar-refractivity contribution is 7.99. The van der Waals surface area contributed by atoms with Crippen molar-refractivity contribution in [3.05, 3.63) is 35.9 Å². The van der Waals surface area contributed by atoms with Crippen LogP contribution in [-0.4, -0.2) is 35.3 Å². The molecule has 1 aromatic carbocycles. The number of hydrogen-bond donors (Lipinski definition) is 2. The first kappa shape index (κ1) is 14.9. The van der Waals surface area contributed by atoms with Crippen molar-refractivity contribution in [1.82, 2.24) is 5.32 Å². The topological polar surface area (TPSA) is 32.3 Å². The van der Waals surface area contributed by atoms with Crippen LogP contribution in [0.15, 0.2) is 30.3 Å². The Morgan fingerprint density at radius 3 is 2.53 bits per heavy atom. The maximum atomic E-state index is 9.39. The molecule has 2 N–H and O–H groups in total. The van der Waals surface area contributed by atoms with Crippen LogP contribution in [0.2, 0.25) is 0 Å². The Morgan fingerprint density at radius 2 is 2.00 bits per heavy atom. The monoisotopic (exact) mass is 279 g/mol. The van der Waals surface area contributed by atoms with Crippen LogP contribution in [0.1, 0.15) is 25.3 Å². The van der Waals surface area contributed by atoms with E-state index in [0.29, 0.717) is 12.1 Å². The van der Waals surface area contributed by atoms with Gasteiger partial charge in [0.1, 0.15) is 0 Å². The van der Waals surface area contributed by atoms with E-state index in [1.807, 2.05) is 0 Å². The molecule has 19 heavy (non-hydrogen) atoms. The fourth-order valence-corrected chi connectivity index (χ4v) is 3.25. The minimum atomic E-state index is 0.248. The average Bonchev–Trinajstić information content (AvgIpc) is 3.25. The molecule has 0 heterocycles. The van der Waals surface area contributed by atoms with Gasteiger partial charge in [-0.1, -0.05) is 30.3 Å². The van der Waals surface area contributed by atoms with Gasteiger partial charge in [-0.05, 0) is 43.9 Å². The Balaban J connectivity index is 1.93. The molecular formula is C16H25NOS. The summed E-state index contributed by atoms with van der Waals surface area (Å²) in [7, 11) is 0. The lowest BCUT2D eigenvalue weighted by molar-refractivity contribution is 0.266. The molecule has 106 valence electrons. The van der Waals surface area contributed by atoms with Gasteiger partial charge in [0.15, 0.2) is 0 Å². The molecule has 0 aliphatic heterocycles. The van der Waals surface area contributed by atoms with Crippen LogP contribution in [0.25, 0.3) is 0 Å². The summed E-state index contributed by atoms with van der Waals surface area (Å²) in [6.45, 7) is 2.44. The molecule has 0 bridgehead atoms. The molecular weight excluding hydrogens is 254 g/mol. The van der Waals surface area contributed by atoms with Crippen molar-refractivity contribution in [2.24, 2.45) is 5.92 Å². The molecule has 0 radical (unpaired) electrons. The van der Waals surface area contributed by atoms with Gasteiger partial charge in [-0.2, -0.15) is 11.8 Å². The first-order valence-electron chi connectivity index (χ1n) is 7.18. The Hall–Kier alpha value is -0.510. The fraction of sp³-hybridized carbons (Fsp3) is 0.625. The lowest BCUT2D eigenvalue weighted by Crippen LogP contribution is -2.45. The summed E-state index contributed by atoms with van der Waals surface area (Å²) in [6.07, 6.45) is 5.87. The van der Waals surface area contributed by atoms with Crippen molar-refractivity contribution in [3.63, 3.8) is 0 Å². The van der Waals surface area contributed by atoms with E-state index in [4.69, 9.17) is 0 Å². The molecule has 1 fully saturated rings. The molecule has 0 spiro atoms. The molecule has 0 aromatic heterocycles. The SMILES string of the molecule is CSC(CO)C(C)NC(Cc1ccccc1)C1CC1. The summed E-state index contributed by atoms with van der Waals surface area (Å²) >= 11 is 1.75. The number of benzene rings is 1. The summed E-state index contributed by atoms with van der Waals surface area (Å²) in [5.74, 6) is 0.823. The highest BCUT2D eigenvalue weighted by atomic mass is 32.2. The number of thioether (sulfide) groups is 1. The van der Waals surface area contributed by atoms with Crippen molar-refractivity contribution in [2.75, 3.05) is 12.9 Å². The van der Waals surface area contributed by atoms with Crippen LogP contribution in [0.3, 0.4) is 0 Å². The largest absolute Gasteiger partial charge is 0.395 e. The summed E-state index contributed by atoms with van der Waals surface area (Å²) in [5.41, 5.74) is 1.41. The highest BCUT2D eigenvalue weighted by Crippen LogP contribution is 2.34. The molecule has 0 saturated heterocycles. The van der Waals surface area contributed by atoms with E-state index in [2.05, 4.69) is 48.8 Å². The van der Waals surface area contributed by atoms with Gasteiger partial charge in [-0.15, -0.1) is 0 Å². The van der Waals surface area contributed by atoms with Gasteiger partial charge >= 0.3 is 0 Å². The summed E-state index contributed by atoms with van der Waals surface area (Å²) < 4.78 is 0. The molecule has 3 unspecified atom stereocenters. The number of nitrogens with one attached hydrogen (secondary N) is 1. The van der Waals surface area contributed by atoms with E-state index in [0.717, 1.165) is 12.3 Å². The molecule has 0 amide bonds. The van der Waals surface area contributed by atoms with Crippen LogP contribution in [0.4, 0.5) is 0 Å². The Bertz CT molecular complexity index is 362. The van der Waals surface area contributed by atoms with Crippen LogP contribution in [0.5, 0.6) is 0 Å². The fourth-order valence-electron chi connectivity index (χ4n) is 2.61. The van der Waals surface area contributed by atoms with Crippen molar-refractivity contribution in [1.29, 1.82) is 0 Å². The molecule has 2 rings (SSSR count). The van der Waals surface area contributed by atoms with Crippen LogP contribution in [-0.2, 0) is 6.42 Å². The molecule has 1 aliphatic carbocycles. The summed E-state index contributed by atoms with van der Waals surface area (Å²) in [6, 6.07) is 11.6. The van der Waals surface area contributed by atoms with Gasteiger partial charge in [0.25, 0.3) is 0 Å². The first-order chi connectivity index (χ1) is 9.24. The molecule has 3 heteroatoms. The second-order valence-corrected chi connectivity index (χ2v) is 6.62. The zero-order valence-corrected chi connectivity index (χ0v) is 12.7. The maximum absolute atomic E-state index is 9.39. The van der Waals surface area contributed by atoms with Gasteiger partial charge < -0.3 is 10.4 Å². The summed E-state index contributed by atoms with van der Waals surface area (Å²) in [5, 5.41) is 13.4. The molecule has 1 aromatic rings. The van der Waals surface area contributed by atoms with E-state index < -0.39 is 0 Å². The van der Waals surface area contributed by atoms with E-state index >= 15 is 0 Å². The van der Waals surface area contributed by atoms with Gasteiger partial charge in [0.2, 0.25) is 0 Å². The van der Waals surface area contributed by atoms with E-state index in [9.17, 15) is 5.11 Å². The van der Waals surface area contributed by atoms with Crippen molar-refractivity contribution < 1.29 is 5.11 Å². The number of aliphatic hydroxyl groups excluding tert-OH is 1. The van der Waals surface area contributed by atoms with Crippen LogP contribution >= 0.6 is 11.8 Å². The van der Waals surface area contributed by atoms with E-state index in [1.165, 1.54) is 18.4 Å².